The Hall–Kier alpha value is -2.55. The molecule has 0 fully saturated rings. The fourth-order valence-corrected chi connectivity index (χ4v) is 1.29. The molecular formula is C11H10N4O2. The van der Waals surface area contributed by atoms with Gasteiger partial charge in [-0.1, -0.05) is 10.3 Å². The van der Waals surface area contributed by atoms with E-state index in [1.807, 2.05) is 6.07 Å². The number of nitrogens with two attached hydrogens (primary N) is 1. The van der Waals surface area contributed by atoms with Gasteiger partial charge in [-0.3, -0.25) is 0 Å². The first kappa shape index (κ1) is 11.0. The van der Waals surface area contributed by atoms with Crippen LogP contribution in [-0.4, -0.2) is 10.3 Å². The Bertz CT molecular complexity index is 571. The van der Waals surface area contributed by atoms with Crippen molar-refractivity contribution in [3.05, 3.63) is 35.2 Å². The Morgan fingerprint density at radius 2 is 2.29 bits per heavy atom. The van der Waals surface area contributed by atoms with E-state index >= 15 is 0 Å². The van der Waals surface area contributed by atoms with Gasteiger partial charge in [0.15, 0.2) is 0 Å². The monoisotopic (exact) mass is 230 g/mol. The number of hydrogen-bond donors (Lipinski definition) is 1. The maximum atomic E-state index is 8.92. The third kappa shape index (κ3) is 2.34. The lowest BCUT2D eigenvalue weighted by molar-refractivity contribution is 0.269. The zero-order valence-corrected chi connectivity index (χ0v) is 9.17. The van der Waals surface area contributed by atoms with Crippen LogP contribution in [0.15, 0.2) is 22.8 Å². The zero-order chi connectivity index (χ0) is 12.3. The van der Waals surface area contributed by atoms with Crippen molar-refractivity contribution in [3.8, 4) is 11.8 Å². The van der Waals surface area contributed by atoms with Crippen molar-refractivity contribution in [2.24, 2.45) is 0 Å². The number of aromatic nitrogens is 2. The quantitative estimate of drug-likeness (QED) is 0.800. The molecule has 0 radical (unpaired) electrons. The van der Waals surface area contributed by atoms with Gasteiger partial charge in [0.05, 0.1) is 5.56 Å². The Morgan fingerprint density at radius 1 is 1.47 bits per heavy atom. The summed E-state index contributed by atoms with van der Waals surface area (Å²) in [6.45, 7) is 1.97. The van der Waals surface area contributed by atoms with Crippen molar-refractivity contribution in [2.75, 3.05) is 5.73 Å². The van der Waals surface area contributed by atoms with E-state index in [9.17, 15) is 0 Å². The van der Waals surface area contributed by atoms with E-state index in [4.69, 9.17) is 15.7 Å². The summed E-state index contributed by atoms with van der Waals surface area (Å²) in [5.41, 5.74) is 7.75. The third-order valence-corrected chi connectivity index (χ3v) is 2.23. The lowest BCUT2D eigenvalue weighted by Crippen LogP contribution is -2.00. The van der Waals surface area contributed by atoms with Crippen molar-refractivity contribution < 1.29 is 9.37 Å². The Balaban J connectivity index is 2.15. The molecule has 6 nitrogen and oxygen atoms in total. The summed E-state index contributed by atoms with van der Waals surface area (Å²) < 4.78 is 10.0. The first-order valence-corrected chi connectivity index (χ1v) is 4.91. The first-order valence-electron chi connectivity index (χ1n) is 4.91. The van der Waals surface area contributed by atoms with E-state index in [2.05, 4.69) is 14.9 Å². The highest BCUT2D eigenvalue weighted by Crippen LogP contribution is 2.21. The van der Waals surface area contributed by atoms with Gasteiger partial charge in [0.25, 0.3) is 0 Å². The molecule has 0 bridgehead atoms. The molecule has 0 aliphatic rings. The predicted molar refractivity (Wildman–Crippen MR) is 58.9 cm³/mol. The second kappa shape index (κ2) is 4.53. The molecule has 6 heteroatoms. The summed E-state index contributed by atoms with van der Waals surface area (Å²) in [7, 11) is 0. The van der Waals surface area contributed by atoms with E-state index in [0.717, 1.165) is 0 Å². The molecule has 0 aliphatic heterocycles. The SMILES string of the molecule is Cc1nonc1COc1ccc(N)cc1C#N. The molecule has 0 spiro atoms. The lowest BCUT2D eigenvalue weighted by atomic mass is 10.2. The van der Waals surface area contributed by atoms with Crippen LogP contribution in [0.2, 0.25) is 0 Å². The Morgan fingerprint density at radius 3 is 2.94 bits per heavy atom. The van der Waals surface area contributed by atoms with Crippen LogP contribution >= 0.6 is 0 Å². The highest BCUT2D eigenvalue weighted by Gasteiger charge is 2.08. The second-order valence-electron chi connectivity index (χ2n) is 3.45. The molecule has 0 unspecified atom stereocenters. The summed E-state index contributed by atoms with van der Waals surface area (Å²) in [5.74, 6) is 0.462. The Labute approximate surface area is 97.6 Å². The molecule has 17 heavy (non-hydrogen) atoms. The van der Waals surface area contributed by atoms with Crippen molar-refractivity contribution in [1.29, 1.82) is 5.26 Å². The number of ether oxygens (including phenoxy) is 1. The van der Waals surface area contributed by atoms with Crippen LogP contribution in [0.5, 0.6) is 5.75 Å². The average molecular weight is 230 g/mol. The minimum Gasteiger partial charge on any atom is -0.486 e. The van der Waals surface area contributed by atoms with Gasteiger partial charge in [-0.15, -0.1) is 0 Å². The van der Waals surface area contributed by atoms with E-state index in [-0.39, 0.29) is 6.61 Å². The largest absolute Gasteiger partial charge is 0.486 e. The number of anilines is 1. The molecular weight excluding hydrogens is 220 g/mol. The standard InChI is InChI=1S/C11H10N4O2/c1-7-10(15-17-14-7)6-16-11-3-2-9(13)4-8(11)5-12/h2-4H,6,13H2,1H3. The highest BCUT2D eigenvalue weighted by molar-refractivity contribution is 5.53. The van der Waals surface area contributed by atoms with Crippen LogP contribution in [0.3, 0.4) is 0 Å². The number of nitrogens with zero attached hydrogens (tertiary/aromatic N) is 3. The summed E-state index contributed by atoms with van der Waals surface area (Å²) in [5, 5.41) is 16.2. The van der Waals surface area contributed by atoms with E-state index in [1.54, 1.807) is 25.1 Å². The second-order valence-corrected chi connectivity index (χ2v) is 3.45. The number of hydrogen-bond acceptors (Lipinski definition) is 6. The van der Waals surface area contributed by atoms with Crippen LogP contribution in [0.1, 0.15) is 17.0 Å². The maximum Gasteiger partial charge on any atom is 0.145 e. The molecule has 1 aromatic carbocycles. The molecule has 0 saturated heterocycles. The van der Waals surface area contributed by atoms with Crippen LogP contribution in [0.4, 0.5) is 5.69 Å². The molecule has 0 atom stereocenters. The molecule has 2 aromatic rings. The average Bonchev–Trinajstić information content (AvgIpc) is 2.73. The zero-order valence-electron chi connectivity index (χ0n) is 9.17. The predicted octanol–water partition coefficient (Wildman–Crippen LogP) is 1.41. The fraction of sp³-hybridized carbons (Fsp3) is 0.182. The number of nitrogen functional groups attached to an aromatic ring is 1. The van der Waals surface area contributed by atoms with Gasteiger partial charge >= 0.3 is 0 Å². The number of aryl methyl sites for hydroxylation is 1. The van der Waals surface area contributed by atoms with Gasteiger partial charge in [-0.05, 0) is 25.1 Å². The lowest BCUT2D eigenvalue weighted by Gasteiger charge is -2.06. The summed E-state index contributed by atoms with van der Waals surface area (Å²) in [6.07, 6.45) is 0. The molecule has 0 aliphatic carbocycles. The van der Waals surface area contributed by atoms with Crippen LogP contribution in [0, 0.1) is 18.3 Å². The molecule has 2 N–H and O–H groups in total. The molecule has 2 rings (SSSR count). The molecule has 0 saturated carbocycles. The molecule has 86 valence electrons. The van der Waals surface area contributed by atoms with E-state index in [1.165, 1.54) is 0 Å². The van der Waals surface area contributed by atoms with Gasteiger partial charge < -0.3 is 10.5 Å². The summed E-state index contributed by atoms with van der Waals surface area (Å²) in [6, 6.07) is 6.90. The summed E-state index contributed by atoms with van der Waals surface area (Å²) in [4.78, 5) is 0. The van der Waals surface area contributed by atoms with Gasteiger partial charge in [0, 0.05) is 5.69 Å². The topological polar surface area (TPSA) is 98.0 Å². The normalized spacial score (nSPS) is 9.88. The fourth-order valence-electron chi connectivity index (χ4n) is 1.29. The molecule has 0 amide bonds. The molecule has 1 aromatic heterocycles. The minimum atomic E-state index is 0.202. The smallest absolute Gasteiger partial charge is 0.145 e. The Kier molecular flexibility index (Phi) is 2.92. The maximum absolute atomic E-state index is 8.92. The van der Waals surface area contributed by atoms with Gasteiger partial charge in [-0.25, -0.2) is 4.63 Å². The van der Waals surface area contributed by atoms with Crippen LogP contribution < -0.4 is 10.5 Å². The van der Waals surface area contributed by atoms with Gasteiger partial charge in [-0.2, -0.15) is 5.26 Å². The van der Waals surface area contributed by atoms with Crippen molar-refractivity contribution >= 4 is 5.69 Å². The van der Waals surface area contributed by atoms with Crippen LogP contribution in [0.25, 0.3) is 0 Å². The van der Waals surface area contributed by atoms with Gasteiger partial charge in [0.2, 0.25) is 0 Å². The van der Waals surface area contributed by atoms with E-state index in [0.29, 0.717) is 28.4 Å². The summed E-state index contributed by atoms with van der Waals surface area (Å²) >= 11 is 0. The minimum absolute atomic E-state index is 0.202. The number of rotatable bonds is 3. The van der Waals surface area contributed by atoms with Crippen molar-refractivity contribution in [2.45, 2.75) is 13.5 Å². The first-order chi connectivity index (χ1) is 8.20. The van der Waals surface area contributed by atoms with Gasteiger partial charge in [0.1, 0.15) is 29.8 Å². The highest BCUT2D eigenvalue weighted by atomic mass is 16.6. The number of nitriles is 1. The number of benzene rings is 1. The van der Waals surface area contributed by atoms with Crippen LogP contribution in [-0.2, 0) is 6.61 Å². The van der Waals surface area contributed by atoms with Crippen molar-refractivity contribution in [1.82, 2.24) is 10.3 Å². The third-order valence-electron chi connectivity index (χ3n) is 2.23. The molecule has 1 heterocycles. The van der Waals surface area contributed by atoms with Crippen molar-refractivity contribution in [3.63, 3.8) is 0 Å². The van der Waals surface area contributed by atoms with E-state index < -0.39 is 0 Å².